The summed E-state index contributed by atoms with van der Waals surface area (Å²) in [5.74, 6) is 2.12. The van der Waals surface area contributed by atoms with Crippen molar-refractivity contribution >= 4 is 22.5 Å². The topological polar surface area (TPSA) is 58.4 Å². The molecule has 0 atom stereocenters. The number of hydrogen-bond donors (Lipinski definition) is 0. The molecule has 2 aliphatic heterocycles. The van der Waals surface area contributed by atoms with Crippen molar-refractivity contribution in [2.45, 2.75) is 6.54 Å². The van der Waals surface area contributed by atoms with Gasteiger partial charge < -0.3 is 18.8 Å². The molecule has 0 unspecified atom stereocenters. The lowest BCUT2D eigenvalue weighted by Crippen LogP contribution is -2.05. The van der Waals surface area contributed by atoms with E-state index in [-0.39, 0.29) is 0 Å². The van der Waals surface area contributed by atoms with E-state index in [4.69, 9.17) is 25.8 Å². The molecule has 33 heavy (non-hydrogen) atoms. The minimum Gasteiger partial charge on any atom is -0.497 e. The van der Waals surface area contributed by atoms with Gasteiger partial charge >= 0.3 is 0 Å². The summed E-state index contributed by atoms with van der Waals surface area (Å²) in [7, 11) is 4.93. The zero-order valence-electron chi connectivity index (χ0n) is 18.5. The third-order valence-electron chi connectivity index (χ3n) is 5.74. The molecule has 0 N–H and O–H groups in total. The van der Waals surface area contributed by atoms with E-state index in [0.29, 0.717) is 23.1 Å². The maximum Gasteiger partial charge on any atom is 0.162 e. The Morgan fingerprint density at radius 3 is 2.12 bits per heavy atom. The van der Waals surface area contributed by atoms with Crippen molar-refractivity contribution in [1.82, 2.24) is 14.8 Å². The van der Waals surface area contributed by atoms with E-state index in [1.54, 1.807) is 21.3 Å². The molecular formula is C26H22ClN3O3. The van der Waals surface area contributed by atoms with Gasteiger partial charge in [0.1, 0.15) is 17.1 Å². The molecule has 0 amide bonds. The summed E-state index contributed by atoms with van der Waals surface area (Å²) in [5.41, 5.74) is 5.63. The first-order valence-electron chi connectivity index (χ1n) is 10.4. The average Bonchev–Trinajstić information content (AvgIpc) is 3.28. The quantitative estimate of drug-likeness (QED) is 0.315. The van der Waals surface area contributed by atoms with Crippen molar-refractivity contribution in [2.75, 3.05) is 21.3 Å². The fourth-order valence-corrected chi connectivity index (χ4v) is 4.17. The Hall–Kier alpha value is -3.77. The van der Waals surface area contributed by atoms with Crippen molar-refractivity contribution < 1.29 is 14.2 Å². The van der Waals surface area contributed by atoms with Crippen molar-refractivity contribution in [2.24, 2.45) is 0 Å². The standard InChI is InChI=1S/C26H22ClN3O3/c1-31-19-10-4-16(5-11-19)14-30-15-21-25(17-6-8-18(27)9-7-17)28-29-26(21)20-12-23(32-2)24(33-3)13-22(20)30/h4-13,15H,14H2,1-3H3. The summed E-state index contributed by atoms with van der Waals surface area (Å²) in [6.45, 7) is 0.650. The highest BCUT2D eigenvalue weighted by molar-refractivity contribution is 6.30. The number of fused-ring (bicyclic) bond motifs is 3. The number of benzene rings is 3. The summed E-state index contributed by atoms with van der Waals surface area (Å²) in [5, 5.41) is 10.7. The van der Waals surface area contributed by atoms with Gasteiger partial charge in [0, 0.05) is 40.3 Å². The molecule has 166 valence electrons. The monoisotopic (exact) mass is 459 g/mol. The number of hydrogen-bond acceptors (Lipinski definition) is 5. The van der Waals surface area contributed by atoms with Gasteiger partial charge in [0.05, 0.1) is 26.8 Å². The Kier molecular flexibility index (Phi) is 5.52. The molecule has 6 nitrogen and oxygen atoms in total. The maximum atomic E-state index is 6.09. The van der Waals surface area contributed by atoms with Gasteiger partial charge in [-0.2, -0.15) is 0 Å². The van der Waals surface area contributed by atoms with E-state index in [0.717, 1.165) is 44.7 Å². The molecule has 0 aromatic heterocycles. The Labute approximate surface area is 196 Å². The number of ether oxygens (including phenoxy) is 3. The highest BCUT2D eigenvalue weighted by Crippen LogP contribution is 2.41. The van der Waals surface area contributed by atoms with Gasteiger partial charge in [0.2, 0.25) is 0 Å². The Morgan fingerprint density at radius 2 is 1.45 bits per heavy atom. The van der Waals surface area contributed by atoms with Crippen LogP contribution >= 0.6 is 11.6 Å². The molecule has 3 aromatic rings. The largest absolute Gasteiger partial charge is 0.497 e. The lowest BCUT2D eigenvalue weighted by Gasteiger charge is -2.18. The second-order valence-electron chi connectivity index (χ2n) is 7.65. The average molecular weight is 460 g/mol. The number of rotatable bonds is 6. The number of aromatic nitrogens is 3. The molecule has 5 rings (SSSR count). The molecular weight excluding hydrogens is 438 g/mol. The van der Waals surface area contributed by atoms with Crippen LogP contribution in [0.5, 0.6) is 17.2 Å². The summed E-state index contributed by atoms with van der Waals surface area (Å²) >= 11 is 6.09. The van der Waals surface area contributed by atoms with Gasteiger partial charge in [-0.3, -0.25) is 0 Å². The van der Waals surface area contributed by atoms with Crippen molar-refractivity contribution in [3.8, 4) is 39.8 Å². The van der Waals surface area contributed by atoms with E-state index in [1.807, 2.05) is 48.5 Å². The van der Waals surface area contributed by atoms with Crippen LogP contribution in [-0.2, 0) is 6.54 Å². The summed E-state index contributed by atoms with van der Waals surface area (Å²) < 4.78 is 18.6. The van der Waals surface area contributed by atoms with Gasteiger partial charge in [-0.05, 0) is 35.9 Å². The summed E-state index contributed by atoms with van der Waals surface area (Å²) in [6, 6.07) is 19.6. The molecule has 2 heterocycles. The zero-order chi connectivity index (χ0) is 22.9. The minimum atomic E-state index is 0.643. The number of methoxy groups -OCH3 is 3. The van der Waals surface area contributed by atoms with Gasteiger partial charge in [0.25, 0.3) is 0 Å². The molecule has 0 saturated carbocycles. The van der Waals surface area contributed by atoms with Crippen LogP contribution in [0, 0.1) is 0 Å². The Bertz CT molecular complexity index is 1400. The highest BCUT2D eigenvalue weighted by atomic mass is 35.5. The molecule has 0 radical (unpaired) electrons. The van der Waals surface area contributed by atoms with Crippen LogP contribution in [-0.4, -0.2) is 36.1 Å². The lowest BCUT2D eigenvalue weighted by atomic mass is 10.0. The van der Waals surface area contributed by atoms with Gasteiger partial charge in [-0.15, -0.1) is 10.2 Å². The molecule has 2 aliphatic rings. The molecule has 0 fully saturated rings. The molecule has 3 aromatic carbocycles. The fraction of sp³-hybridized carbons (Fsp3) is 0.154. The zero-order valence-corrected chi connectivity index (χ0v) is 19.3. The van der Waals surface area contributed by atoms with Crippen LogP contribution in [0.4, 0.5) is 0 Å². The second-order valence-corrected chi connectivity index (χ2v) is 8.08. The second kappa shape index (κ2) is 8.64. The van der Waals surface area contributed by atoms with Crippen LogP contribution in [0.15, 0.2) is 66.9 Å². The van der Waals surface area contributed by atoms with E-state index >= 15 is 0 Å². The number of nitrogens with zero attached hydrogens (tertiary/aromatic N) is 3. The van der Waals surface area contributed by atoms with E-state index < -0.39 is 0 Å². The van der Waals surface area contributed by atoms with Crippen LogP contribution < -0.4 is 14.2 Å². The predicted octanol–water partition coefficient (Wildman–Crippen LogP) is 5.93. The molecule has 0 bridgehead atoms. The van der Waals surface area contributed by atoms with E-state index in [9.17, 15) is 0 Å². The first kappa shape index (κ1) is 21.1. The van der Waals surface area contributed by atoms with Gasteiger partial charge in [-0.25, -0.2) is 0 Å². The number of pyridine rings is 1. The van der Waals surface area contributed by atoms with E-state index in [2.05, 4.69) is 33.1 Å². The summed E-state index contributed by atoms with van der Waals surface area (Å²) in [6.07, 6.45) is 2.09. The third kappa shape index (κ3) is 3.83. The number of halogens is 1. The first-order valence-corrected chi connectivity index (χ1v) is 10.8. The smallest absolute Gasteiger partial charge is 0.162 e. The van der Waals surface area contributed by atoms with E-state index in [1.165, 1.54) is 0 Å². The van der Waals surface area contributed by atoms with Crippen LogP contribution in [0.2, 0.25) is 5.02 Å². The van der Waals surface area contributed by atoms with Crippen LogP contribution in [0.25, 0.3) is 33.4 Å². The van der Waals surface area contributed by atoms with Crippen LogP contribution in [0.1, 0.15) is 5.56 Å². The Balaban J connectivity index is 1.73. The van der Waals surface area contributed by atoms with Crippen molar-refractivity contribution in [3.63, 3.8) is 0 Å². The predicted molar refractivity (Wildman–Crippen MR) is 130 cm³/mol. The molecule has 7 heteroatoms. The maximum absolute atomic E-state index is 6.09. The lowest BCUT2D eigenvalue weighted by molar-refractivity contribution is 0.355. The normalized spacial score (nSPS) is 11.2. The third-order valence-corrected chi connectivity index (χ3v) is 5.99. The molecule has 0 aliphatic carbocycles. The highest BCUT2D eigenvalue weighted by Gasteiger charge is 2.22. The minimum absolute atomic E-state index is 0.643. The molecule has 0 saturated heterocycles. The Morgan fingerprint density at radius 1 is 0.788 bits per heavy atom. The summed E-state index contributed by atoms with van der Waals surface area (Å²) in [4.78, 5) is 0. The first-order chi connectivity index (χ1) is 16.1. The molecule has 0 spiro atoms. The SMILES string of the molecule is COc1ccc(Cn2cc3c(-c4ccc(Cl)cc4)nnc-3c3cc(OC)c(OC)cc32)cc1. The van der Waals surface area contributed by atoms with Crippen molar-refractivity contribution in [1.29, 1.82) is 0 Å². The van der Waals surface area contributed by atoms with Gasteiger partial charge in [-0.1, -0.05) is 35.9 Å². The van der Waals surface area contributed by atoms with Gasteiger partial charge in [0.15, 0.2) is 11.5 Å². The fourth-order valence-electron chi connectivity index (χ4n) is 4.04. The van der Waals surface area contributed by atoms with Crippen LogP contribution in [0.3, 0.4) is 0 Å². The van der Waals surface area contributed by atoms with Crippen molar-refractivity contribution in [3.05, 3.63) is 77.4 Å².